The second kappa shape index (κ2) is 23.3. The van der Waals surface area contributed by atoms with Gasteiger partial charge in [0.25, 0.3) is 0 Å². The summed E-state index contributed by atoms with van der Waals surface area (Å²) in [6.07, 6.45) is 13.0. The Hall–Kier alpha value is 1.62. The smallest absolute Gasteiger partial charge is 0.780 e. The predicted octanol–water partition coefficient (Wildman–Crippen LogP) is -1.35. The molecule has 0 heterocycles. The van der Waals surface area contributed by atoms with Crippen molar-refractivity contribution in [3.63, 3.8) is 0 Å². The van der Waals surface area contributed by atoms with Crippen LogP contribution in [0.4, 0.5) is 0 Å². The van der Waals surface area contributed by atoms with Crippen LogP contribution >= 0.6 is 0 Å². The molecule has 1 aromatic rings. The molecule has 10 heteroatoms. The van der Waals surface area contributed by atoms with Crippen molar-refractivity contribution in [3.8, 4) is 0 Å². The summed E-state index contributed by atoms with van der Waals surface area (Å²) in [7, 11) is -4.33. The van der Waals surface area contributed by atoms with Crippen LogP contribution in [0.5, 0.6) is 0 Å². The average Bonchev–Trinajstić information content (AvgIpc) is 2.59. The van der Waals surface area contributed by atoms with Gasteiger partial charge in [-0.2, -0.15) is 0 Å². The first-order valence-electron chi connectivity index (χ1n) is 9.11. The average molecular weight is 469 g/mol. The number of rotatable bonds is 13. The van der Waals surface area contributed by atoms with E-state index in [0.717, 1.165) is 11.3 Å². The Kier molecular flexibility index (Phi) is 28.5. The van der Waals surface area contributed by atoms with E-state index in [1.165, 1.54) is 57.8 Å². The monoisotopic (exact) mass is 468 g/mol. The molecule has 152 valence electrons. The number of benzene rings is 1. The third-order valence-electron chi connectivity index (χ3n) is 3.62. The van der Waals surface area contributed by atoms with Gasteiger partial charge in [-0.25, -0.2) is 4.21 Å². The summed E-state index contributed by atoms with van der Waals surface area (Å²) in [4.78, 5) is 0.754. The van der Waals surface area contributed by atoms with E-state index in [0.29, 0.717) is 6.61 Å². The Labute approximate surface area is 222 Å². The first kappa shape index (κ1) is 34.2. The third kappa shape index (κ3) is 27.6. The Morgan fingerprint density at radius 1 is 0.893 bits per heavy atom. The molecule has 0 spiro atoms. The van der Waals surface area contributed by atoms with Gasteiger partial charge in [-0.05, 0) is 29.7 Å². The maximum Gasteiger partial charge on any atom is 1.00 e. The van der Waals surface area contributed by atoms with E-state index < -0.39 is 20.1 Å². The zero-order chi connectivity index (χ0) is 19.7. The Morgan fingerprint density at radius 2 is 1.29 bits per heavy atom. The maximum atomic E-state index is 11.8. The fourth-order valence-electron chi connectivity index (χ4n) is 2.32. The van der Waals surface area contributed by atoms with Gasteiger partial charge in [0, 0.05) is 0 Å². The van der Waals surface area contributed by atoms with Crippen LogP contribution in [-0.4, -0.2) is 24.1 Å². The SMILES string of the molecule is CCCCCCCCCCCCOS(=O)c1ccccc1.O=S([O-])([O-])=S.[Na+].[Na+]. The van der Waals surface area contributed by atoms with Crippen LogP contribution in [0.25, 0.3) is 0 Å². The molecule has 0 fully saturated rings. The third-order valence-corrected chi connectivity index (χ3v) is 4.66. The molecule has 28 heavy (non-hydrogen) atoms. The molecule has 0 aliphatic carbocycles. The van der Waals surface area contributed by atoms with Crippen molar-refractivity contribution < 1.29 is 80.8 Å². The Morgan fingerprint density at radius 3 is 1.71 bits per heavy atom. The summed E-state index contributed by atoms with van der Waals surface area (Å²) in [6, 6.07) is 9.38. The quantitative estimate of drug-likeness (QED) is 0.263. The second-order valence-electron chi connectivity index (χ2n) is 5.96. The zero-order valence-corrected chi connectivity index (χ0v) is 23.9. The van der Waals surface area contributed by atoms with Gasteiger partial charge in [0.05, 0.1) is 11.5 Å². The van der Waals surface area contributed by atoms with E-state index in [9.17, 15) is 4.21 Å². The minimum Gasteiger partial charge on any atom is -0.780 e. The van der Waals surface area contributed by atoms with Crippen molar-refractivity contribution in [2.45, 2.75) is 76.0 Å². The summed E-state index contributed by atoms with van der Waals surface area (Å²) in [5.41, 5.74) is 0. The van der Waals surface area contributed by atoms with E-state index in [1.54, 1.807) is 0 Å². The summed E-state index contributed by atoms with van der Waals surface area (Å²) in [5.74, 6) is 0. The largest absolute Gasteiger partial charge is 1.00 e. The molecule has 1 aromatic carbocycles. The molecule has 5 nitrogen and oxygen atoms in total. The van der Waals surface area contributed by atoms with Gasteiger partial charge in [-0.1, -0.05) is 82.9 Å². The van der Waals surface area contributed by atoms with Crippen molar-refractivity contribution in [1.82, 2.24) is 0 Å². The van der Waals surface area contributed by atoms with Crippen molar-refractivity contribution >= 4 is 31.3 Å². The van der Waals surface area contributed by atoms with Crippen LogP contribution < -0.4 is 59.1 Å². The molecular formula is C18H30Na2O5S3. The zero-order valence-electron chi connectivity index (χ0n) is 17.4. The van der Waals surface area contributed by atoms with Gasteiger partial charge in [0.15, 0.2) is 11.1 Å². The van der Waals surface area contributed by atoms with Gasteiger partial charge in [0.1, 0.15) is 0 Å². The molecule has 0 radical (unpaired) electrons. The molecule has 1 unspecified atom stereocenters. The summed E-state index contributed by atoms with van der Waals surface area (Å²) >= 11 is 1.95. The van der Waals surface area contributed by atoms with E-state index in [2.05, 4.69) is 18.1 Å². The van der Waals surface area contributed by atoms with Gasteiger partial charge >= 0.3 is 59.1 Å². The van der Waals surface area contributed by atoms with E-state index in [4.69, 9.17) is 17.5 Å². The molecule has 0 saturated heterocycles. The van der Waals surface area contributed by atoms with Gasteiger partial charge in [-0.15, -0.1) is 9.05 Å². The summed E-state index contributed by atoms with van der Waals surface area (Å²) < 4.78 is 43.8. The van der Waals surface area contributed by atoms with Crippen molar-refractivity contribution in [3.05, 3.63) is 30.3 Å². The minimum absolute atomic E-state index is 0. The first-order chi connectivity index (χ1) is 12.3. The number of hydrogen-bond donors (Lipinski definition) is 0. The molecule has 0 aliphatic heterocycles. The van der Waals surface area contributed by atoms with E-state index in [1.807, 2.05) is 30.3 Å². The Balaban J connectivity index is -0.000000793. The van der Waals surface area contributed by atoms with Crippen LogP contribution in [0.3, 0.4) is 0 Å². The van der Waals surface area contributed by atoms with Crippen molar-refractivity contribution in [1.29, 1.82) is 0 Å². The van der Waals surface area contributed by atoms with E-state index >= 15 is 0 Å². The fourth-order valence-corrected chi connectivity index (χ4v) is 3.11. The van der Waals surface area contributed by atoms with Gasteiger partial charge in [0.2, 0.25) is 0 Å². The number of hydrogen-bond acceptors (Lipinski definition) is 6. The molecule has 0 amide bonds. The van der Waals surface area contributed by atoms with Gasteiger partial charge in [-0.3, -0.25) is 8.39 Å². The van der Waals surface area contributed by atoms with Crippen LogP contribution in [0, 0.1) is 0 Å². The molecule has 1 atom stereocenters. The molecule has 0 saturated carbocycles. The van der Waals surface area contributed by atoms with Crippen LogP contribution in [0.1, 0.15) is 71.1 Å². The molecule has 0 N–H and O–H groups in total. The minimum atomic E-state index is -4.33. The van der Waals surface area contributed by atoms with E-state index in [-0.39, 0.29) is 59.1 Å². The first-order valence-corrected chi connectivity index (χ1v) is 12.5. The van der Waals surface area contributed by atoms with Crippen molar-refractivity contribution in [2.24, 2.45) is 0 Å². The van der Waals surface area contributed by atoms with Crippen LogP contribution in [0.2, 0.25) is 0 Å². The Bertz CT molecular complexity index is 564. The molecule has 0 aromatic heterocycles. The van der Waals surface area contributed by atoms with Gasteiger partial charge < -0.3 is 9.11 Å². The normalized spacial score (nSPS) is 11.4. The predicted molar refractivity (Wildman–Crippen MR) is 108 cm³/mol. The molecule has 1 rings (SSSR count). The fraction of sp³-hybridized carbons (Fsp3) is 0.667. The number of unbranched alkanes of at least 4 members (excludes halogenated alkanes) is 9. The van der Waals surface area contributed by atoms with Crippen molar-refractivity contribution in [2.75, 3.05) is 6.61 Å². The maximum absolute atomic E-state index is 11.8. The topological polar surface area (TPSA) is 89.5 Å². The summed E-state index contributed by atoms with van der Waals surface area (Å²) in [6.45, 7) is 2.85. The second-order valence-corrected chi connectivity index (χ2v) is 9.18. The summed E-state index contributed by atoms with van der Waals surface area (Å²) in [5, 5.41) is 0. The standard InChI is InChI=1S/C18H30O2S.2Na.H2O3S2/c1-2-3-4-5-6-7-8-9-10-14-17-20-21(19)18-15-12-11-13-16-18;;;1-5(2,3)4/h11-13,15-16H,2-10,14,17H2,1H3;;;(H2,1,2,3,4)/q;2*+1;/p-2. The molecule has 0 aliphatic rings. The molecule has 0 bridgehead atoms. The van der Waals surface area contributed by atoms with Crippen LogP contribution in [0.15, 0.2) is 35.2 Å². The van der Waals surface area contributed by atoms with Crippen LogP contribution in [-0.2, 0) is 35.5 Å². The molecular weight excluding hydrogens is 438 g/mol.